The zero-order valence-electron chi connectivity index (χ0n) is 11.6. The number of rotatable bonds is 3. The Morgan fingerprint density at radius 1 is 1.20 bits per heavy atom. The molecule has 0 amide bonds. The molecule has 0 unspecified atom stereocenters. The van der Waals surface area contributed by atoms with Gasteiger partial charge in [-0.1, -0.05) is 23.7 Å². The molecule has 0 radical (unpaired) electrons. The molecular formula is C15H19ClN4. The maximum atomic E-state index is 5.96. The minimum atomic E-state index is 0.758. The molecule has 20 heavy (non-hydrogen) atoms. The quantitative estimate of drug-likeness (QED) is 0.940. The van der Waals surface area contributed by atoms with Gasteiger partial charge in [-0.25, -0.2) is 0 Å². The third-order valence-corrected chi connectivity index (χ3v) is 3.88. The number of hydrogen-bond donors (Lipinski definition) is 1. The van der Waals surface area contributed by atoms with Crippen molar-refractivity contribution in [1.82, 2.24) is 20.0 Å². The van der Waals surface area contributed by atoms with E-state index in [1.165, 1.54) is 5.56 Å². The van der Waals surface area contributed by atoms with Crippen molar-refractivity contribution in [2.75, 3.05) is 26.2 Å². The van der Waals surface area contributed by atoms with E-state index in [4.69, 9.17) is 11.6 Å². The Kier molecular flexibility index (Phi) is 4.05. The van der Waals surface area contributed by atoms with Gasteiger partial charge in [-0.3, -0.25) is 9.58 Å². The first-order chi connectivity index (χ1) is 9.72. The van der Waals surface area contributed by atoms with Crippen LogP contribution in [0.25, 0.3) is 11.3 Å². The van der Waals surface area contributed by atoms with Gasteiger partial charge in [0, 0.05) is 62.1 Å². The molecule has 4 nitrogen and oxygen atoms in total. The largest absolute Gasteiger partial charge is 0.314 e. The summed E-state index contributed by atoms with van der Waals surface area (Å²) in [5.74, 6) is 0. The second kappa shape index (κ2) is 5.95. The molecule has 1 aliphatic rings. The molecule has 1 aromatic heterocycles. The van der Waals surface area contributed by atoms with E-state index in [0.29, 0.717) is 0 Å². The van der Waals surface area contributed by atoms with Gasteiger partial charge in [-0.05, 0) is 12.1 Å². The first-order valence-electron chi connectivity index (χ1n) is 6.94. The van der Waals surface area contributed by atoms with E-state index in [9.17, 15) is 0 Å². The Bertz CT molecular complexity index is 570. The summed E-state index contributed by atoms with van der Waals surface area (Å²) in [6.45, 7) is 5.27. The monoisotopic (exact) mass is 290 g/mol. The van der Waals surface area contributed by atoms with Crippen molar-refractivity contribution in [3.8, 4) is 11.3 Å². The summed E-state index contributed by atoms with van der Waals surface area (Å²) in [6, 6.07) is 7.90. The molecule has 1 N–H and O–H groups in total. The number of piperazine rings is 1. The first-order valence-corrected chi connectivity index (χ1v) is 7.32. The smallest absolute Gasteiger partial charge is 0.0968 e. The van der Waals surface area contributed by atoms with Gasteiger partial charge in [0.15, 0.2) is 0 Å². The van der Waals surface area contributed by atoms with E-state index in [1.807, 2.05) is 36.0 Å². The Hall–Kier alpha value is -1.36. The third kappa shape index (κ3) is 3.03. The number of aryl methyl sites for hydroxylation is 1. The highest BCUT2D eigenvalue weighted by molar-refractivity contribution is 6.30. The van der Waals surface area contributed by atoms with Crippen molar-refractivity contribution >= 4 is 11.6 Å². The van der Waals surface area contributed by atoms with Crippen LogP contribution >= 0.6 is 11.6 Å². The predicted octanol–water partition coefficient (Wildman–Crippen LogP) is 2.15. The van der Waals surface area contributed by atoms with Gasteiger partial charge in [0.1, 0.15) is 0 Å². The summed E-state index contributed by atoms with van der Waals surface area (Å²) in [7, 11) is 1.97. The van der Waals surface area contributed by atoms with Crippen molar-refractivity contribution < 1.29 is 0 Å². The number of halogens is 1. The minimum absolute atomic E-state index is 0.758. The minimum Gasteiger partial charge on any atom is -0.314 e. The SMILES string of the molecule is Cn1cc(CN2CCNCC2)c(-c2ccc(Cl)cc2)n1. The normalized spacial score (nSPS) is 16.5. The highest BCUT2D eigenvalue weighted by Crippen LogP contribution is 2.24. The first kappa shape index (κ1) is 13.6. The molecule has 0 atom stereocenters. The fourth-order valence-electron chi connectivity index (χ4n) is 2.61. The van der Waals surface area contributed by atoms with E-state index < -0.39 is 0 Å². The van der Waals surface area contributed by atoms with Crippen molar-refractivity contribution in [2.24, 2.45) is 7.05 Å². The summed E-state index contributed by atoms with van der Waals surface area (Å²) < 4.78 is 1.89. The second-order valence-electron chi connectivity index (χ2n) is 5.21. The highest BCUT2D eigenvalue weighted by atomic mass is 35.5. The molecule has 106 valence electrons. The fourth-order valence-corrected chi connectivity index (χ4v) is 2.74. The number of aromatic nitrogens is 2. The molecule has 3 rings (SSSR count). The number of nitrogens with zero attached hydrogens (tertiary/aromatic N) is 3. The highest BCUT2D eigenvalue weighted by Gasteiger charge is 2.15. The van der Waals surface area contributed by atoms with Crippen LogP contribution in [-0.2, 0) is 13.6 Å². The van der Waals surface area contributed by atoms with Gasteiger partial charge in [-0.15, -0.1) is 0 Å². The van der Waals surface area contributed by atoms with Gasteiger partial charge >= 0.3 is 0 Å². The van der Waals surface area contributed by atoms with E-state index in [1.54, 1.807) is 0 Å². The van der Waals surface area contributed by atoms with Gasteiger partial charge in [-0.2, -0.15) is 5.10 Å². The van der Waals surface area contributed by atoms with E-state index >= 15 is 0 Å². The van der Waals surface area contributed by atoms with Crippen LogP contribution in [0, 0.1) is 0 Å². The van der Waals surface area contributed by atoms with Crippen LogP contribution in [0.3, 0.4) is 0 Å². The molecule has 5 heteroatoms. The molecule has 0 aliphatic carbocycles. The van der Waals surface area contributed by atoms with Gasteiger partial charge < -0.3 is 5.32 Å². The van der Waals surface area contributed by atoms with Crippen molar-refractivity contribution in [3.63, 3.8) is 0 Å². The lowest BCUT2D eigenvalue weighted by atomic mass is 10.1. The Balaban J connectivity index is 1.85. The van der Waals surface area contributed by atoms with Crippen LogP contribution in [0.1, 0.15) is 5.56 Å². The van der Waals surface area contributed by atoms with Crippen LogP contribution in [0.2, 0.25) is 5.02 Å². The Morgan fingerprint density at radius 2 is 1.90 bits per heavy atom. The predicted molar refractivity (Wildman–Crippen MR) is 81.8 cm³/mol. The lowest BCUT2D eigenvalue weighted by Gasteiger charge is -2.26. The molecule has 0 bridgehead atoms. The number of benzene rings is 1. The van der Waals surface area contributed by atoms with Gasteiger partial charge in [0.2, 0.25) is 0 Å². The van der Waals surface area contributed by atoms with Gasteiger partial charge in [0.05, 0.1) is 5.69 Å². The zero-order valence-corrected chi connectivity index (χ0v) is 12.4. The van der Waals surface area contributed by atoms with Crippen LogP contribution < -0.4 is 5.32 Å². The summed E-state index contributed by atoms with van der Waals surface area (Å²) in [5, 5.41) is 8.75. The van der Waals surface area contributed by atoms with Gasteiger partial charge in [0.25, 0.3) is 0 Å². The summed E-state index contributed by atoms with van der Waals surface area (Å²) >= 11 is 5.96. The summed E-state index contributed by atoms with van der Waals surface area (Å²) in [4.78, 5) is 2.47. The second-order valence-corrected chi connectivity index (χ2v) is 5.65. The maximum Gasteiger partial charge on any atom is 0.0968 e. The molecule has 0 saturated carbocycles. The average Bonchev–Trinajstić information content (AvgIpc) is 2.81. The van der Waals surface area contributed by atoms with Crippen LogP contribution in [0.5, 0.6) is 0 Å². The van der Waals surface area contributed by atoms with Crippen LogP contribution in [0.4, 0.5) is 0 Å². The third-order valence-electron chi connectivity index (χ3n) is 3.63. The topological polar surface area (TPSA) is 33.1 Å². The fraction of sp³-hybridized carbons (Fsp3) is 0.400. The molecule has 1 aliphatic heterocycles. The Morgan fingerprint density at radius 3 is 2.60 bits per heavy atom. The lowest BCUT2D eigenvalue weighted by molar-refractivity contribution is 0.233. The van der Waals surface area contributed by atoms with Crippen LogP contribution in [0.15, 0.2) is 30.5 Å². The molecule has 1 aromatic carbocycles. The van der Waals surface area contributed by atoms with Crippen molar-refractivity contribution in [3.05, 3.63) is 41.0 Å². The van der Waals surface area contributed by atoms with E-state index in [0.717, 1.165) is 49.0 Å². The molecular weight excluding hydrogens is 272 g/mol. The molecule has 2 aromatic rings. The maximum absolute atomic E-state index is 5.96. The molecule has 0 spiro atoms. The number of nitrogens with one attached hydrogen (secondary N) is 1. The zero-order chi connectivity index (χ0) is 13.9. The standard InChI is InChI=1S/C15H19ClN4/c1-19-10-13(11-20-8-6-17-7-9-20)15(18-19)12-2-4-14(16)5-3-12/h2-5,10,17H,6-9,11H2,1H3. The molecule has 1 saturated heterocycles. The number of hydrogen-bond acceptors (Lipinski definition) is 3. The Labute approximate surface area is 124 Å². The molecule has 1 fully saturated rings. The molecule has 2 heterocycles. The summed E-state index contributed by atoms with van der Waals surface area (Å²) in [6.07, 6.45) is 2.12. The van der Waals surface area contributed by atoms with Crippen molar-refractivity contribution in [2.45, 2.75) is 6.54 Å². The van der Waals surface area contributed by atoms with E-state index in [-0.39, 0.29) is 0 Å². The van der Waals surface area contributed by atoms with E-state index in [2.05, 4.69) is 21.5 Å². The lowest BCUT2D eigenvalue weighted by Crippen LogP contribution is -2.42. The summed E-state index contributed by atoms with van der Waals surface area (Å²) in [5.41, 5.74) is 3.46. The average molecular weight is 291 g/mol. The van der Waals surface area contributed by atoms with Crippen LogP contribution in [-0.4, -0.2) is 40.9 Å². The van der Waals surface area contributed by atoms with Crippen molar-refractivity contribution in [1.29, 1.82) is 0 Å².